The van der Waals surface area contributed by atoms with Crippen LogP contribution in [0.15, 0.2) is 52.4 Å². The van der Waals surface area contributed by atoms with E-state index in [1.54, 1.807) is 13.0 Å². The average molecular weight is 478 g/mol. The molecule has 0 atom stereocenters. The highest BCUT2D eigenvalue weighted by molar-refractivity contribution is 7.90. The monoisotopic (exact) mass is 477 g/mol. The highest BCUT2D eigenvalue weighted by atomic mass is 32.2. The number of rotatable bonds is 7. The molecule has 168 valence electrons. The van der Waals surface area contributed by atoms with E-state index in [9.17, 15) is 28.1 Å². The van der Waals surface area contributed by atoms with Crippen molar-refractivity contribution < 1.29 is 27.7 Å². The minimum absolute atomic E-state index is 0.0865. The fraction of sp³-hybridized carbons (Fsp3) is 0.250. The largest absolute Gasteiger partial charge is 0.465 e. The van der Waals surface area contributed by atoms with E-state index < -0.39 is 26.6 Å². The van der Waals surface area contributed by atoms with E-state index in [1.807, 2.05) is 0 Å². The Morgan fingerprint density at radius 3 is 2.47 bits per heavy atom. The van der Waals surface area contributed by atoms with Gasteiger partial charge in [0.1, 0.15) is 6.54 Å². The van der Waals surface area contributed by atoms with Gasteiger partial charge in [0.15, 0.2) is 14.6 Å². The van der Waals surface area contributed by atoms with E-state index in [4.69, 9.17) is 4.74 Å². The second kappa shape index (κ2) is 9.40. The molecule has 0 saturated heterocycles. The van der Waals surface area contributed by atoms with E-state index >= 15 is 0 Å². The molecule has 0 unspecified atom stereocenters. The number of amides is 1. The summed E-state index contributed by atoms with van der Waals surface area (Å²) in [6, 6.07) is 10.0. The number of aromatic nitrogens is 1. The van der Waals surface area contributed by atoms with Crippen molar-refractivity contribution in [2.24, 2.45) is 4.99 Å². The van der Waals surface area contributed by atoms with E-state index in [2.05, 4.69) is 4.99 Å². The second-order valence-electron chi connectivity index (χ2n) is 6.78. The molecule has 1 aromatic heterocycles. The molecule has 0 bridgehead atoms. The van der Waals surface area contributed by atoms with Crippen molar-refractivity contribution in [3.63, 3.8) is 0 Å². The number of carbonyl (C=O) groups excluding carboxylic acids is 2. The Hall–Kier alpha value is -3.38. The van der Waals surface area contributed by atoms with Gasteiger partial charge >= 0.3 is 5.97 Å². The lowest BCUT2D eigenvalue weighted by Gasteiger charge is -2.05. The third-order valence-corrected chi connectivity index (χ3v) is 6.55. The molecule has 0 saturated carbocycles. The number of hydrogen-bond donors (Lipinski definition) is 0. The summed E-state index contributed by atoms with van der Waals surface area (Å²) in [6.07, 6.45) is 0.994. The van der Waals surface area contributed by atoms with Gasteiger partial charge in [-0.05, 0) is 30.7 Å². The van der Waals surface area contributed by atoms with Gasteiger partial charge in [-0.15, -0.1) is 0 Å². The molecular formula is C20H19N3O7S2. The number of fused-ring (bicyclic) bond motifs is 1. The minimum atomic E-state index is -3.44. The van der Waals surface area contributed by atoms with Gasteiger partial charge in [-0.2, -0.15) is 4.99 Å². The Bertz CT molecular complexity index is 1370. The zero-order valence-electron chi connectivity index (χ0n) is 17.2. The molecule has 3 aromatic rings. The van der Waals surface area contributed by atoms with Gasteiger partial charge in [-0.25, -0.2) is 8.42 Å². The Morgan fingerprint density at radius 1 is 1.19 bits per heavy atom. The third-order valence-electron chi connectivity index (χ3n) is 4.40. The summed E-state index contributed by atoms with van der Waals surface area (Å²) in [5.74, 6) is -1.05. The lowest BCUT2D eigenvalue weighted by molar-refractivity contribution is -0.384. The molecule has 12 heteroatoms. The first kappa shape index (κ1) is 23.3. The van der Waals surface area contributed by atoms with Crippen molar-refractivity contribution in [2.75, 3.05) is 12.9 Å². The normalized spacial score (nSPS) is 12.1. The van der Waals surface area contributed by atoms with Crippen LogP contribution in [0.1, 0.15) is 12.5 Å². The van der Waals surface area contributed by atoms with E-state index in [-0.39, 0.29) is 35.0 Å². The van der Waals surface area contributed by atoms with Gasteiger partial charge in [0.25, 0.3) is 11.6 Å². The summed E-state index contributed by atoms with van der Waals surface area (Å²) in [4.78, 5) is 39.3. The Kier molecular flexibility index (Phi) is 6.84. The van der Waals surface area contributed by atoms with Gasteiger partial charge in [-0.3, -0.25) is 19.7 Å². The molecule has 0 N–H and O–H groups in total. The maximum Gasteiger partial charge on any atom is 0.326 e. The molecule has 1 amide bonds. The number of esters is 1. The number of non-ortho nitro benzene ring substituents is 1. The topological polar surface area (TPSA) is 138 Å². The molecule has 1 heterocycles. The number of nitro benzene ring substituents is 1. The number of nitrogens with zero attached hydrogens (tertiary/aromatic N) is 3. The summed E-state index contributed by atoms with van der Waals surface area (Å²) < 4.78 is 30.8. The van der Waals surface area contributed by atoms with Crippen LogP contribution >= 0.6 is 11.3 Å². The van der Waals surface area contributed by atoms with Crippen LogP contribution in [-0.2, 0) is 37.1 Å². The number of carbonyl (C=O) groups is 2. The SMILES string of the molecule is CCOC(=O)Cn1c(=NC(=O)Cc2ccc([N+](=O)[O-])cc2)sc2cc(S(C)(=O)=O)ccc21. The number of hydrogen-bond acceptors (Lipinski definition) is 8. The third kappa shape index (κ3) is 5.45. The van der Waals surface area contributed by atoms with Crippen molar-refractivity contribution in [2.45, 2.75) is 24.8 Å². The van der Waals surface area contributed by atoms with E-state index in [0.29, 0.717) is 15.8 Å². The van der Waals surface area contributed by atoms with Crippen LogP contribution in [0.2, 0.25) is 0 Å². The zero-order valence-corrected chi connectivity index (χ0v) is 18.8. The predicted molar refractivity (Wildman–Crippen MR) is 117 cm³/mol. The predicted octanol–water partition coefficient (Wildman–Crippen LogP) is 2.25. The van der Waals surface area contributed by atoms with Crippen LogP contribution in [-0.4, -0.2) is 42.6 Å². The summed E-state index contributed by atoms with van der Waals surface area (Å²) in [6.45, 7) is 1.66. The number of sulfone groups is 1. The number of benzene rings is 2. The highest BCUT2D eigenvalue weighted by Gasteiger charge is 2.15. The first-order valence-electron chi connectivity index (χ1n) is 9.38. The molecule has 10 nitrogen and oxygen atoms in total. The number of nitro groups is 1. The van der Waals surface area contributed by atoms with Crippen LogP contribution in [0, 0.1) is 10.1 Å². The van der Waals surface area contributed by atoms with Crippen LogP contribution in [0.4, 0.5) is 5.69 Å². The molecular weight excluding hydrogens is 458 g/mol. The molecule has 0 spiro atoms. The van der Waals surface area contributed by atoms with Crippen molar-refractivity contribution in [3.05, 3.63) is 62.9 Å². The maximum absolute atomic E-state index is 12.5. The van der Waals surface area contributed by atoms with Crippen molar-refractivity contribution in [3.8, 4) is 0 Å². The van der Waals surface area contributed by atoms with Crippen molar-refractivity contribution in [1.82, 2.24) is 4.57 Å². The zero-order chi connectivity index (χ0) is 23.5. The van der Waals surface area contributed by atoms with Gasteiger partial charge in [0.2, 0.25) is 0 Å². The fourth-order valence-corrected chi connectivity index (χ4v) is 4.72. The van der Waals surface area contributed by atoms with Crippen LogP contribution in [0.25, 0.3) is 10.2 Å². The van der Waals surface area contributed by atoms with Crippen LogP contribution in [0.5, 0.6) is 0 Å². The first-order valence-corrected chi connectivity index (χ1v) is 12.1. The fourth-order valence-electron chi connectivity index (χ4n) is 2.91. The summed E-state index contributed by atoms with van der Waals surface area (Å²) in [5.41, 5.74) is 0.996. The van der Waals surface area contributed by atoms with E-state index in [0.717, 1.165) is 17.6 Å². The van der Waals surface area contributed by atoms with Crippen molar-refractivity contribution in [1.29, 1.82) is 0 Å². The Morgan fingerprint density at radius 2 is 1.88 bits per heavy atom. The van der Waals surface area contributed by atoms with Gasteiger partial charge in [0.05, 0.1) is 33.1 Å². The smallest absolute Gasteiger partial charge is 0.326 e. The summed E-state index contributed by atoms with van der Waals surface area (Å²) in [7, 11) is -3.44. The van der Waals surface area contributed by atoms with Crippen LogP contribution in [0.3, 0.4) is 0 Å². The first-order chi connectivity index (χ1) is 15.1. The highest BCUT2D eigenvalue weighted by Crippen LogP contribution is 2.22. The van der Waals surface area contributed by atoms with Gasteiger partial charge in [-0.1, -0.05) is 23.5 Å². The molecule has 32 heavy (non-hydrogen) atoms. The number of thiazole rings is 1. The van der Waals surface area contributed by atoms with Gasteiger partial charge < -0.3 is 9.30 Å². The Labute approximate surface area is 186 Å². The summed E-state index contributed by atoms with van der Waals surface area (Å²) in [5, 5.41) is 10.8. The lowest BCUT2D eigenvalue weighted by atomic mass is 10.1. The quantitative estimate of drug-likeness (QED) is 0.289. The average Bonchev–Trinajstić information content (AvgIpc) is 3.04. The molecule has 2 aromatic carbocycles. The number of ether oxygens (including phenoxy) is 1. The lowest BCUT2D eigenvalue weighted by Crippen LogP contribution is -2.23. The second-order valence-corrected chi connectivity index (χ2v) is 9.81. The molecule has 3 rings (SSSR count). The summed E-state index contributed by atoms with van der Waals surface area (Å²) >= 11 is 1.07. The Balaban J connectivity index is 2.01. The minimum Gasteiger partial charge on any atom is -0.465 e. The maximum atomic E-state index is 12.5. The van der Waals surface area contributed by atoms with Gasteiger partial charge in [0, 0.05) is 18.4 Å². The molecule has 0 fully saturated rings. The standard InChI is InChI=1S/C20H19N3O7S2/c1-3-30-19(25)12-22-16-9-8-15(32(2,28)29)11-17(16)31-20(22)21-18(24)10-13-4-6-14(7-5-13)23(26)27/h4-9,11H,3,10,12H2,1-2H3. The van der Waals surface area contributed by atoms with Crippen molar-refractivity contribution >= 4 is 49.0 Å². The molecule has 0 aliphatic carbocycles. The molecule has 0 aliphatic rings. The molecule has 0 radical (unpaired) electrons. The molecule has 0 aliphatic heterocycles. The van der Waals surface area contributed by atoms with E-state index in [1.165, 1.54) is 41.0 Å². The van der Waals surface area contributed by atoms with Crippen LogP contribution < -0.4 is 4.80 Å².